The van der Waals surface area contributed by atoms with E-state index in [9.17, 15) is 4.79 Å². The molecule has 3 rings (SSSR count). The molecular weight excluding hydrogens is 327 g/mol. The lowest BCUT2D eigenvalue weighted by Crippen LogP contribution is -2.25. The van der Waals surface area contributed by atoms with E-state index in [1.54, 1.807) is 6.07 Å². The molecule has 1 aromatic heterocycles. The fourth-order valence-corrected chi connectivity index (χ4v) is 4.33. The van der Waals surface area contributed by atoms with E-state index in [2.05, 4.69) is 10.6 Å². The largest absolute Gasteiger partial charge is 0.351 e. The molecule has 2 aromatic rings. The molecule has 2 heterocycles. The molecule has 1 aromatic carbocycles. The Bertz CT molecular complexity index is 665. The van der Waals surface area contributed by atoms with Crippen LogP contribution in [0.25, 0.3) is 10.1 Å². The third-order valence-corrected chi connectivity index (χ3v) is 5.69. The molecule has 1 aliphatic heterocycles. The summed E-state index contributed by atoms with van der Waals surface area (Å²) in [6.07, 6.45) is 2.20. The minimum absolute atomic E-state index is 0.0942. The van der Waals surface area contributed by atoms with Crippen molar-refractivity contribution in [2.24, 2.45) is 5.92 Å². The normalized spacial score (nSPS) is 18.3. The molecule has 21 heavy (non-hydrogen) atoms. The number of hydrogen-bond donors (Lipinski definition) is 2. The van der Waals surface area contributed by atoms with E-state index < -0.39 is 0 Å². The first-order valence-electron chi connectivity index (χ1n) is 7.01. The van der Waals surface area contributed by atoms with Crippen LogP contribution in [0.5, 0.6) is 0 Å². The van der Waals surface area contributed by atoms with Crippen LogP contribution in [0.4, 0.5) is 0 Å². The lowest BCUT2D eigenvalue weighted by atomic mass is 10.1. The summed E-state index contributed by atoms with van der Waals surface area (Å²) in [4.78, 5) is 12.8. The Morgan fingerprint density at radius 2 is 2.29 bits per heavy atom. The molecule has 0 saturated carbocycles. The molecule has 0 spiro atoms. The van der Waals surface area contributed by atoms with Gasteiger partial charge < -0.3 is 10.6 Å². The van der Waals surface area contributed by atoms with Crippen molar-refractivity contribution < 1.29 is 4.79 Å². The molecule has 1 amide bonds. The third-order valence-electron chi connectivity index (χ3n) is 3.80. The lowest BCUT2D eigenvalue weighted by molar-refractivity contribution is 0.0956. The Kier molecular flexibility index (Phi) is 4.69. The van der Waals surface area contributed by atoms with Gasteiger partial charge in [-0.05, 0) is 44.0 Å². The average molecular weight is 343 g/mol. The van der Waals surface area contributed by atoms with Crippen LogP contribution in [0.15, 0.2) is 18.2 Å². The van der Waals surface area contributed by atoms with Crippen LogP contribution in [-0.4, -0.2) is 25.5 Å². The molecule has 1 atom stereocenters. The predicted octanol–water partition coefficient (Wildman–Crippen LogP) is 3.94. The summed E-state index contributed by atoms with van der Waals surface area (Å²) in [7, 11) is 0. The number of carbonyl (C=O) groups is 1. The molecule has 1 aliphatic rings. The SMILES string of the molecule is O=C(NCCC1CCNC1)c1sc2cc(Cl)ccc2c1Cl. The maximum atomic E-state index is 12.3. The first-order valence-corrected chi connectivity index (χ1v) is 8.59. The smallest absolute Gasteiger partial charge is 0.262 e. The highest BCUT2D eigenvalue weighted by Gasteiger charge is 2.18. The topological polar surface area (TPSA) is 41.1 Å². The van der Waals surface area contributed by atoms with Crippen molar-refractivity contribution in [1.29, 1.82) is 0 Å². The molecule has 0 radical (unpaired) electrons. The number of nitrogens with one attached hydrogen (secondary N) is 2. The van der Waals surface area contributed by atoms with Crippen molar-refractivity contribution in [3.8, 4) is 0 Å². The second-order valence-electron chi connectivity index (χ2n) is 5.29. The number of amides is 1. The maximum Gasteiger partial charge on any atom is 0.262 e. The van der Waals surface area contributed by atoms with Gasteiger partial charge in [0.1, 0.15) is 4.88 Å². The highest BCUT2D eigenvalue weighted by molar-refractivity contribution is 7.21. The monoisotopic (exact) mass is 342 g/mol. The Morgan fingerprint density at radius 3 is 3.05 bits per heavy atom. The molecule has 1 unspecified atom stereocenters. The van der Waals surface area contributed by atoms with E-state index in [0.29, 0.717) is 27.4 Å². The van der Waals surface area contributed by atoms with Gasteiger partial charge in [-0.1, -0.05) is 29.3 Å². The van der Waals surface area contributed by atoms with Crippen molar-refractivity contribution in [2.75, 3.05) is 19.6 Å². The number of rotatable bonds is 4. The van der Waals surface area contributed by atoms with Gasteiger partial charge in [0, 0.05) is 21.7 Å². The molecule has 0 aliphatic carbocycles. The van der Waals surface area contributed by atoms with Crippen molar-refractivity contribution >= 4 is 50.5 Å². The summed E-state index contributed by atoms with van der Waals surface area (Å²) < 4.78 is 0.942. The third kappa shape index (κ3) is 3.34. The Hall–Kier alpha value is -0.810. The van der Waals surface area contributed by atoms with Crippen molar-refractivity contribution in [1.82, 2.24) is 10.6 Å². The fraction of sp³-hybridized carbons (Fsp3) is 0.400. The fourth-order valence-electron chi connectivity index (χ4n) is 2.62. The van der Waals surface area contributed by atoms with E-state index in [1.165, 1.54) is 17.8 Å². The summed E-state index contributed by atoms with van der Waals surface area (Å²) in [5, 5.41) is 8.36. The maximum absolute atomic E-state index is 12.3. The highest BCUT2D eigenvalue weighted by atomic mass is 35.5. The van der Waals surface area contributed by atoms with Crippen LogP contribution in [-0.2, 0) is 0 Å². The van der Waals surface area contributed by atoms with Gasteiger partial charge >= 0.3 is 0 Å². The van der Waals surface area contributed by atoms with E-state index in [4.69, 9.17) is 23.2 Å². The highest BCUT2D eigenvalue weighted by Crippen LogP contribution is 2.36. The summed E-state index contributed by atoms with van der Waals surface area (Å²) >= 11 is 13.7. The Labute approximate surface area is 137 Å². The molecule has 1 saturated heterocycles. The standard InChI is InChI=1S/C15H16Cl2N2OS/c16-10-1-2-11-12(7-10)21-14(13(11)17)15(20)19-6-4-9-3-5-18-8-9/h1-2,7,9,18H,3-6,8H2,(H,19,20). The number of hydrogen-bond acceptors (Lipinski definition) is 3. The number of benzene rings is 1. The van der Waals surface area contributed by atoms with Crippen LogP contribution in [0, 0.1) is 5.92 Å². The van der Waals surface area contributed by atoms with E-state index >= 15 is 0 Å². The minimum Gasteiger partial charge on any atom is -0.351 e. The zero-order chi connectivity index (χ0) is 14.8. The van der Waals surface area contributed by atoms with Gasteiger partial charge in [-0.25, -0.2) is 0 Å². The molecule has 2 N–H and O–H groups in total. The number of carbonyl (C=O) groups excluding carboxylic acids is 1. The summed E-state index contributed by atoms with van der Waals surface area (Å²) in [5.41, 5.74) is 0. The van der Waals surface area contributed by atoms with Crippen LogP contribution < -0.4 is 10.6 Å². The van der Waals surface area contributed by atoms with Crippen LogP contribution in [0.3, 0.4) is 0 Å². The molecule has 1 fully saturated rings. The number of halogens is 2. The van der Waals surface area contributed by atoms with Gasteiger partial charge in [0.15, 0.2) is 0 Å². The zero-order valence-corrected chi connectivity index (χ0v) is 13.7. The van der Waals surface area contributed by atoms with Crippen LogP contribution >= 0.6 is 34.5 Å². The Balaban J connectivity index is 1.67. The van der Waals surface area contributed by atoms with Gasteiger partial charge in [-0.3, -0.25) is 4.79 Å². The van der Waals surface area contributed by atoms with Gasteiger partial charge in [0.25, 0.3) is 5.91 Å². The average Bonchev–Trinajstić information content (AvgIpc) is 3.07. The molecule has 112 valence electrons. The van der Waals surface area contributed by atoms with Crippen LogP contribution in [0.1, 0.15) is 22.5 Å². The first-order chi connectivity index (χ1) is 10.1. The Morgan fingerprint density at radius 1 is 1.43 bits per heavy atom. The first kappa shape index (κ1) is 15.1. The molecule has 0 bridgehead atoms. The minimum atomic E-state index is -0.0942. The second-order valence-corrected chi connectivity index (χ2v) is 7.16. The quantitative estimate of drug-likeness (QED) is 0.883. The van der Waals surface area contributed by atoms with E-state index in [-0.39, 0.29) is 5.91 Å². The predicted molar refractivity (Wildman–Crippen MR) is 89.8 cm³/mol. The molecule has 6 heteroatoms. The van der Waals surface area contributed by atoms with Gasteiger partial charge in [0.05, 0.1) is 5.02 Å². The summed E-state index contributed by atoms with van der Waals surface area (Å²) in [5.74, 6) is 0.574. The molecule has 3 nitrogen and oxygen atoms in total. The van der Waals surface area contributed by atoms with Crippen molar-refractivity contribution in [2.45, 2.75) is 12.8 Å². The van der Waals surface area contributed by atoms with Gasteiger partial charge in [-0.2, -0.15) is 0 Å². The van der Waals surface area contributed by atoms with E-state index in [1.807, 2.05) is 12.1 Å². The zero-order valence-electron chi connectivity index (χ0n) is 11.4. The summed E-state index contributed by atoms with van der Waals surface area (Å²) in [6.45, 7) is 2.83. The second kappa shape index (κ2) is 6.53. The van der Waals surface area contributed by atoms with Crippen LogP contribution in [0.2, 0.25) is 10.0 Å². The van der Waals surface area contributed by atoms with Crippen molar-refractivity contribution in [3.05, 3.63) is 33.1 Å². The summed E-state index contributed by atoms with van der Waals surface area (Å²) in [6, 6.07) is 5.49. The molecular formula is C15H16Cl2N2OS. The van der Waals surface area contributed by atoms with Gasteiger partial charge in [-0.15, -0.1) is 11.3 Å². The lowest BCUT2D eigenvalue weighted by Gasteiger charge is -2.08. The van der Waals surface area contributed by atoms with Gasteiger partial charge in [0.2, 0.25) is 0 Å². The number of thiophene rings is 1. The number of fused-ring (bicyclic) bond motifs is 1. The van der Waals surface area contributed by atoms with E-state index in [0.717, 1.165) is 29.6 Å². The van der Waals surface area contributed by atoms with Crippen molar-refractivity contribution in [3.63, 3.8) is 0 Å².